The summed E-state index contributed by atoms with van der Waals surface area (Å²) >= 11 is 4.95. The average molecular weight is 236 g/mol. The van der Waals surface area contributed by atoms with Crippen molar-refractivity contribution >= 4 is 28.8 Å². The second-order valence-electron chi connectivity index (χ2n) is 3.61. The molecular weight excluding hydrogens is 220 g/mol. The Bertz CT molecular complexity index is 373. The molecule has 0 atom stereocenters. The molecule has 16 heavy (non-hydrogen) atoms. The minimum absolute atomic E-state index is 0.00891. The molecule has 0 saturated heterocycles. The summed E-state index contributed by atoms with van der Waals surface area (Å²) in [7, 11) is 0. The fourth-order valence-corrected chi connectivity index (χ4v) is 1.46. The topological polar surface area (TPSA) is 41.1 Å². The average Bonchev–Trinajstić information content (AvgIpc) is 2.19. The van der Waals surface area contributed by atoms with Gasteiger partial charge in [0.05, 0.1) is 4.99 Å². The molecule has 0 aliphatic rings. The Morgan fingerprint density at radius 1 is 1.25 bits per heavy atom. The monoisotopic (exact) mass is 236 g/mol. The molecule has 3 nitrogen and oxygen atoms in total. The lowest BCUT2D eigenvalue weighted by Crippen LogP contribution is -2.22. The number of anilines is 1. The lowest BCUT2D eigenvalue weighted by atomic mass is 10.1. The smallest absolute Gasteiger partial charge is 0.216 e. The molecular formula is C12H16N2OS. The van der Waals surface area contributed by atoms with Crippen LogP contribution in [0, 0.1) is 0 Å². The first-order valence-electron chi connectivity index (χ1n) is 5.19. The van der Waals surface area contributed by atoms with Gasteiger partial charge in [0.2, 0.25) is 5.91 Å². The molecule has 0 bridgehead atoms. The van der Waals surface area contributed by atoms with Crippen molar-refractivity contribution in [2.24, 2.45) is 0 Å². The van der Waals surface area contributed by atoms with Gasteiger partial charge in [-0.05, 0) is 31.0 Å². The van der Waals surface area contributed by atoms with Crippen molar-refractivity contribution in [3.8, 4) is 0 Å². The Labute approximate surface area is 101 Å². The van der Waals surface area contributed by atoms with E-state index in [1.165, 1.54) is 12.5 Å². The number of hydrogen-bond acceptors (Lipinski definition) is 2. The van der Waals surface area contributed by atoms with Crippen molar-refractivity contribution in [1.82, 2.24) is 5.32 Å². The van der Waals surface area contributed by atoms with Crippen LogP contribution in [0.25, 0.3) is 0 Å². The molecule has 1 amide bonds. The number of rotatable bonds is 4. The third-order valence-corrected chi connectivity index (χ3v) is 2.16. The first-order chi connectivity index (χ1) is 7.58. The Balaban J connectivity index is 2.45. The molecule has 0 aliphatic carbocycles. The van der Waals surface area contributed by atoms with Gasteiger partial charge in [0.1, 0.15) is 0 Å². The SMILES string of the molecule is CC(=O)NCCc1ccc(NC(C)=S)cc1. The number of carbonyl (C=O) groups is 1. The van der Waals surface area contributed by atoms with E-state index in [2.05, 4.69) is 10.6 Å². The fraction of sp³-hybridized carbons (Fsp3) is 0.333. The summed E-state index contributed by atoms with van der Waals surface area (Å²) in [4.78, 5) is 11.4. The third kappa shape index (κ3) is 4.89. The quantitative estimate of drug-likeness (QED) is 0.787. The summed E-state index contributed by atoms with van der Waals surface area (Å²) in [6, 6.07) is 8.03. The van der Waals surface area contributed by atoms with Crippen LogP contribution in [-0.2, 0) is 11.2 Å². The van der Waals surface area contributed by atoms with Gasteiger partial charge in [-0.2, -0.15) is 0 Å². The van der Waals surface area contributed by atoms with E-state index in [1.807, 2.05) is 31.2 Å². The van der Waals surface area contributed by atoms with E-state index >= 15 is 0 Å². The molecule has 1 aromatic carbocycles. The molecule has 0 saturated carbocycles. The van der Waals surface area contributed by atoms with E-state index in [-0.39, 0.29) is 5.91 Å². The van der Waals surface area contributed by atoms with Crippen molar-refractivity contribution < 1.29 is 4.79 Å². The van der Waals surface area contributed by atoms with Crippen LogP contribution in [0.5, 0.6) is 0 Å². The number of nitrogens with one attached hydrogen (secondary N) is 2. The summed E-state index contributed by atoms with van der Waals surface area (Å²) < 4.78 is 0. The predicted molar refractivity (Wildman–Crippen MR) is 70.7 cm³/mol. The summed E-state index contributed by atoms with van der Waals surface area (Å²) in [5.74, 6) is 0.00891. The molecule has 0 heterocycles. The second-order valence-corrected chi connectivity index (χ2v) is 4.22. The molecule has 0 unspecified atom stereocenters. The molecule has 0 aromatic heterocycles. The largest absolute Gasteiger partial charge is 0.356 e. The molecule has 0 fully saturated rings. The van der Waals surface area contributed by atoms with Gasteiger partial charge in [0.15, 0.2) is 0 Å². The van der Waals surface area contributed by atoms with Crippen LogP contribution in [0.4, 0.5) is 5.69 Å². The van der Waals surface area contributed by atoms with Gasteiger partial charge in [0.25, 0.3) is 0 Å². The Morgan fingerprint density at radius 2 is 1.88 bits per heavy atom. The zero-order valence-corrected chi connectivity index (χ0v) is 10.4. The molecule has 1 aromatic rings. The fourth-order valence-electron chi connectivity index (χ4n) is 1.34. The van der Waals surface area contributed by atoms with Crippen LogP contribution in [-0.4, -0.2) is 17.4 Å². The van der Waals surface area contributed by atoms with Crippen LogP contribution in [0.1, 0.15) is 19.4 Å². The van der Waals surface area contributed by atoms with E-state index in [0.29, 0.717) is 6.54 Å². The Hall–Kier alpha value is -1.42. The van der Waals surface area contributed by atoms with Gasteiger partial charge >= 0.3 is 0 Å². The van der Waals surface area contributed by atoms with E-state index in [1.54, 1.807) is 0 Å². The van der Waals surface area contributed by atoms with Crippen molar-refractivity contribution in [1.29, 1.82) is 0 Å². The van der Waals surface area contributed by atoms with Gasteiger partial charge in [-0.15, -0.1) is 0 Å². The minimum atomic E-state index is 0.00891. The maximum absolute atomic E-state index is 10.7. The highest BCUT2D eigenvalue weighted by atomic mass is 32.1. The maximum Gasteiger partial charge on any atom is 0.216 e. The lowest BCUT2D eigenvalue weighted by Gasteiger charge is -2.06. The summed E-state index contributed by atoms with van der Waals surface area (Å²) in [6.07, 6.45) is 0.844. The van der Waals surface area contributed by atoms with Gasteiger partial charge in [0, 0.05) is 19.2 Å². The van der Waals surface area contributed by atoms with Gasteiger partial charge in [-0.25, -0.2) is 0 Å². The molecule has 4 heteroatoms. The van der Waals surface area contributed by atoms with Crippen LogP contribution in [0.2, 0.25) is 0 Å². The highest BCUT2D eigenvalue weighted by Crippen LogP contribution is 2.09. The van der Waals surface area contributed by atoms with Crippen molar-refractivity contribution in [3.05, 3.63) is 29.8 Å². The normalized spacial score (nSPS) is 9.62. The van der Waals surface area contributed by atoms with Crippen LogP contribution in [0.15, 0.2) is 24.3 Å². The lowest BCUT2D eigenvalue weighted by molar-refractivity contribution is -0.118. The van der Waals surface area contributed by atoms with E-state index in [4.69, 9.17) is 12.2 Å². The number of hydrogen-bond donors (Lipinski definition) is 2. The second kappa shape index (κ2) is 6.23. The first-order valence-corrected chi connectivity index (χ1v) is 5.59. The van der Waals surface area contributed by atoms with Crippen LogP contribution < -0.4 is 10.6 Å². The van der Waals surface area contributed by atoms with E-state index in [9.17, 15) is 4.79 Å². The molecule has 0 spiro atoms. The van der Waals surface area contributed by atoms with Gasteiger partial charge < -0.3 is 10.6 Å². The number of thiocarbonyl (C=S) groups is 1. The number of benzene rings is 1. The predicted octanol–water partition coefficient (Wildman–Crippen LogP) is 2.12. The summed E-state index contributed by atoms with van der Waals surface area (Å²) in [5, 5.41) is 5.83. The standard InChI is InChI=1S/C12H16N2OS/c1-9(15)13-8-7-11-3-5-12(6-4-11)14-10(2)16/h3-6H,7-8H2,1-2H3,(H,13,15)(H,14,16). The summed E-state index contributed by atoms with van der Waals surface area (Å²) in [6.45, 7) is 4.05. The molecule has 0 aliphatic heterocycles. The maximum atomic E-state index is 10.7. The van der Waals surface area contributed by atoms with Crippen LogP contribution >= 0.6 is 12.2 Å². The van der Waals surface area contributed by atoms with E-state index in [0.717, 1.165) is 17.1 Å². The third-order valence-electron chi connectivity index (χ3n) is 2.06. The zero-order chi connectivity index (χ0) is 12.0. The Morgan fingerprint density at radius 3 is 2.38 bits per heavy atom. The Kier molecular flexibility index (Phi) is 4.92. The molecule has 2 N–H and O–H groups in total. The van der Waals surface area contributed by atoms with Crippen molar-refractivity contribution in [3.63, 3.8) is 0 Å². The van der Waals surface area contributed by atoms with Crippen molar-refractivity contribution in [2.45, 2.75) is 20.3 Å². The molecule has 86 valence electrons. The van der Waals surface area contributed by atoms with E-state index < -0.39 is 0 Å². The highest BCUT2D eigenvalue weighted by Gasteiger charge is 1.96. The summed E-state index contributed by atoms with van der Waals surface area (Å²) in [5.41, 5.74) is 2.19. The van der Waals surface area contributed by atoms with Gasteiger partial charge in [-0.3, -0.25) is 4.79 Å². The van der Waals surface area contributed by atoms with Crippen molar-refractivity contribution in [2.75, 3.05) is 11.9 Å². The molecule has 0 radical (unpaired) electrons. The minimum Gasteiger partial charge on any atom is -0.356 e. The van der Waals surface area contributed by atoms with Gasteiger partial charge in [-0.1, -0.05) is 24.4 Å². The zero-order valence-electron chi connectivity index (χ0n) is 9.54. The molecule has 1 rings (SSSR count). The highest BCUT2D eigenvalue weighted by molar-refractivity contribution is 7.80. The van der Waals surface area contributed by atoms with Crippen LogP contribution in [0.3, 0.4) is 0 Å². The first kappa shape index (κ1) is 12.6. The number of amides is 1. The number of carbonyl (C=O) groups excluding carboxylic acids is 1.